The molecule has 0 aliphatic heterocycles. The predicted octanol–water partition coefficient (Wildman–Crippen LogP) is 2.41. The van der Waals surface area contributed by atoms with E-state index < -0.39 is 0 Å². The number of aromatic nitrogens is 3. The van der Waals surface area contributed by atoms with Gasteiger partial charge in [-0.2, -0.15) is 0 Å². The van der Waals surface area contributed by atoms with Crippen LogP contribution in [0.2, 0.25) is 0 Å². The summed E-state index contributed by atoms with van der Waals surface area (Å²) >= 11 is 1.24. The smallest absolute Gasteiger partial charge is 0.276 e. The van der Waals surface area contributed by atoms with Gasteiger partial charge in [0.25, 0.3) is 5.56 Å². The van der Waals surface area contributed by atoms with Crippen LogP contribution in [0.4, 0.5) is 0 Å². The monoisotopic (exact) mass is 455 g/mol. The van der Waals surface area contributed by atoms with Gasteiger partial charge in [-0.1, -0.05) is 11.3 Å². The number of hydrogen-bond donors (Lipinski definition) is 0. The molecule has 2 heterocycles. The Kier molecular flexibility index (Phi) is 5.87. The molecule has 0 aliphatic carbocycles. The molecule has 2 aromatic carbocycles. The molecular weight excluding hydrogens is 434 g/mol. The zero-order valence-corrected chi connectivity index (χ0v) is 19.0. The Morgan fingerprint density at radius 1 is 0.844 bits per heavy atom. The zero-order valence-electron chi connectivity index (χ0n) is 18.2. The first-order valence-corrected chi connectivity index (χ1v) is 10.3. The summed E-state index contributed by atoms with van der Waals surface area (Å²) in [6.45, 7) is 0. The Bertz CT molecular complexity index is 1370. The highest BCUT2D eigenvalue weighted by Gasteiger charge is 2.19. The summed E-state index contributed by atoms with van der Waals surface area (Å²) in [6, 6.07) is 8.85. The van der Waals surface area contributed by atoms with Gasteiger partial charge < -0.3 is 23.7 Å². The third kappa shape index (κ3) is 3.58. The van der Waals surface area contributed by atoms with Crippen LogP contribution in [0.15, 0.2) is 35.1 Å². The van der Waals surface area contributed by atoms with Crippen molar-refractivity contribution in [2.24, 2.45) is 0 Å². The van der Waals surface area contributed by atoms with Crippen LogP contribution in [0, 0.1) is 0 Å². The van der Waals surface area contributed by atoms with Gasteiger partial charge in [0.1, 0.15) is 11.5 Å². The summed E-state index contributed by atoms with van der Waals surface area (Å²) in [5.74, 6) is 3.00. The molecule has 9 nitrogen and oxygen atoms in total. The second-order valence-electron chi connectivity index (χ2n) is 6.58. The standard InChI is InChI=1S/C22H21N3O6S/c1-27-14-7-6-12(15(11-14)28-2)10-18-21(26)25-20(23-24-22(25)32-18)13-8-16(29-3)19(31-5)17(9-13)30-4/h6-11H,1-5H3. The van der Waals surface area contributed by atoms with E-state index in [0.29, 0.717) is 49.6 Å². The van der Waals surface area contributed by atoms with E-state index in [9.17, 15) is 4.79 Å². The van der Waals surface area contributed by atoms with Crippen LogP contribution in [0.5, 0.6) is 28.7 Å². The fourth-order valence-electron chi connectivity index (χ4n) is 3.34. The van der Waals surface area contributed by atoms with Gasteiger partial charge in [0.2, 0.25) is 10.7 Å². The Morgan fingerprint density at radius 2 is 1.53 bits per heavy atom. The Labute approximate surface area is 187 Å². The fraction of sp³-hybridized carbons (Fsp3) is 0.227. The maximum absolute atomic E-state index is 13.3. The topological polar surface area (TPSA) is 93.4 Å². The molecule has 0 N–H and O–H groups in total. The first kappa shape index (κ1) is 21.4. The Hall–Kier alpha value is -3.79. The van der Waals surface area contributed by atoms with Gasteiger partial charge in [0, 0.05) is 17.2 Å². The molecule has 4 aromatic rings. The van der Waals surface area contributed by atoms with Crippen LogP contribution in [0.3, 0.4) is 0 Å². The lowest BCUT2D eigenvalue weighted by Crippen LogP contribution is -2.23. The molecule has 4 rings (SSSR count). The summed E-state index contributed by atoms with van der Waals surface area (Å²) in [7, 11) is 7.73. The van der Waals surface area contributed by atoms with Crippen LogP contribution in [0.25, 0.3) is 22.4 Å². The number of benzene rings is 2. The van der Waals surface area contributed by atoms with Gasteiger partial charge in [-0.15, -0.1) is 10.2 Å². The van der Waals surface area contributed by atoms with E-state index in [1.54, 1.807) is 44.6 Å². The molecule has 2 aromatic heterocycles. The maximum atomic E-state index is 13.3. The average Bonchev–Trinajstić information content (AvgIpc) is 3.38. The number of thiazole rings is 1. The number of ether oxygens (including phenoxy) is 5. The molecule has 0 spiro atoms. The second-order valence-corrected chi connectivity index (χ2v) is 7.59. The van der Waals surface area contributed by atoms with Crippen molar-refractivity contribution in [1.82, 2.24) is 14.6 Å². The van der Waals surface area contributed by atoms with Gasteiger partial charge in [-0.3, -0.25) is 4.79 Å². The molecule has 0 atom stereocenters. The lowest BCUT2D eigenvalue weighted by molar-refractivity contribution is 0.324. The van der Waals surface area contributed by atoms with Gasteiger partial charge in [-0.25, -0.2) is 4.40 Å². The molecule has 0 radical (unpaired) electrons. The van der Waals surface area contributed by atoms with E-state index in [1.807, 2.05) is 6.07 Å². The highest BCUT2D eigenvalue weighted by molar-refractivity contribution is 7.15. The number of fused-ring (bicyclic) bond motifs is 1. The molecule has 0 unspecified atom stereocenters. The van der Waals surface area contributed by atoms with Crippen molar-refractivity contribution in [3.8, 4) is 40.1 Å². The first-order valence-electron chi connectivity index (χ1n) is 9.46. The van der Waals surface area contributed by atoms with E-state index in [0.717, 1.165) is 5.56 Å². The van der Waals surface area contributed by atoms with Crippen LogP contribution < -0.4 is 33.8 Å². The van der Waals surface area contributed by atoms with Crippen molar-refractivity contribution in [2.45, 2.75) is 0 Å². The summed E-state index contributed by atoms with van der Waals surface area (Å²) in [5.41, 5.74) is 1.12. The SMILES string of the molecule is COc1ccc(C=c2sc3nnc(-c4cc(OC)c(OC)c(OC)c4)n3c2=O)c(OC)c1. The van der Waals surface area contributed by atoms with E-state index in [2.05, 4.69) is 10.2 Å². The fourth-order valence-corrected chi connectivity index (χ4v) is 4.24. The Balaban J connectivity index is 1.89. The van der Waals surface area contributed by atoms with Crippen LogP contribution in [0.1, 0.15) is 5.56 Å². The minimum absolute atomic E-state index is 0.239. The largest absolute Gasteiger partial charge is 0.497 e. The van der Waals surface area contributed by atoms with Crippen molar-refractivity contribution in [2.75, 3.05) is 35.5 Å². The number of nitrogens with zero attached hydrogens (tertiary/aromatic N) is 3. The molecule has 10 heteroatoms. The van der Waals surface area contributed by atoms with Crippen molar-refractivity contribution in [3.63, 3.8) is 0 Å². The van der Waals surface area contributed by atoms with E-state index in [4.69, 9.17) is 23.7 Å². The third-order valence-electron chi connectivity index (χ3n) is 4.90. The first-order chi connectivity index (χ1) is 15.5. The van der Waals surface area contributed by atoms with Gasteiger partial charge in [0.05, 0.1) is 40.1 Å². The molecule has 0 fully saturated rings. The normalized spacial score (nSPS) is 11.6. The van der Waals surface area contributed by atoms with E-state index in [-0.39, 0.29) is 5.56 Å². The lowest BCUT2D eigenvalue weighted by Gasteiger charge is -2.13. The quantitative estimate of drug-likeness (QED) is 0.420. The van der Waals surface area contributed by atoms with E-state index in [1.165, 1.54) is 37.1 Å². The average molecular weight is 455 g/mol. The summed E-state index contributed by atoms with van der Waals surface area (Å²) in [4.78, 5) is 13.7. The molecule has 0 bridgehead atoms. The van der Waals surface area contributed by atoms with Crippen LogP contribution >= 0.6 is 11.3 Å². The third-order valence-corrected chi connectivity index (χ3v) is 5.86. The number of hydrogen-bond acceptors (Lipinski definition) is 9. The summed E-state index contributed by atoms with van der Waals surface area (Å²) in [6.07, 6.45) is 1.76. The molecule has 0 amide bonds. The molecular formula is C22H21N3O6S. The number of methoxy groups -OCH3 is 5. The number of rotatable bonds is 7. The van der Waals surface area contributed by atoms with Crippen LogP contribution in [-0.2, 0) is 0 Å². The van der Waals surface area contributed by atoms with Crippen molar-refractivity contribution >= 4 is 22.4 Å². The maximum Gasteiger partial charge on any atom is 0.276 e. The molecule has 0 saturated heterocycles. The molecule has 32 heavy (non-hydrogen) atoms. The van der Waals surface area contributed by atoms with Crippen molar-refractivity contribution in [3.05, 3.63) is 50.8 Å². The summed E-state index contributed by atoms with van der Waals surface area (Å²) in [5, 5.41) is 8.40. The van der Waals surface area contributed by atoms with Gasteiger partial charge in [-0.05, 0) is 30.3 Å². The Morgan fingerprint density at radius 3 is 2.12 bits per heavy atom. The highest BCUT2D eigenvalue weighted by Crippen LogP contribution is 2.40. The van der Waals surface area contributed by atoms with Crippen molar-refractivity contribution < 1.29 is 23.7 Å². The second kappa shape index (κ2) is 8.75. The minimum Gasteiger partial charge on any atom is -0.497 e. The zero-order chi connectivity index (χ0) is 22.8. The van der Waals surface area contributed by atoms with Gasteiger partial charge in [0.15, 0.2) is 17.3 Å². The molecule has 0 aliphatic rings. The van der Waals surface area contributed by atoms with Crippen molar-refractivity contribution in [1.29, 1.82) is 0 Å². The lowest BCUT2D eigenvalue weighted by atomic mass is 10.1. The molecule has 0 saturated carbocycles. The van der Waals surface area contributed by atoms with Crippen LogP contribution in [-0.4, -0.2) is 50.1 Å². The summed E-state index contributed by atoms with van der Waals surface area (Å²) < 4.78 is 28.8. The van der Waals surface area contributed by atoms with Gasteiger partial charge >= 0.3 is 0 Å². The predicted molar refractivity (Wildman–Crippen MR) is 121 cm³/mol. The molecule has 166 valence electrons. The minimum atomic E-state index is -0.239. The highest BCUT2D eigenvalue weighted by atomic mass is 32.1. The van der Waals surface area contributed by atoms with E-state index >= 15 is 0 Å².